The van der Waals surface area contributed by atoms with Crippen LogP contribution >= 0.6 is 0 Å². The summed E-state index contributed by atoms with van der Waals surface area (Å²) in [6.45, 7) is 6.68. The van der Waals surface area contributed by atoms with Crippen LogP contribution in [0.25, 0.3) is 0 Å². The molecule has 0 radical (unpaired) electrons. The van der Waals surface area contributed by atoms with Gasteiger partial charge in [0, 0.05) is 33.2 Å². The lowest BCUT2D eigenvalue weighted by Crippen LogP contribution is -2.45. The minimum absolute atomic E-state index is 1.14. The van der Waals surface area contributed by atoms with Gasteiger partial charge in [0.2, 0.25) is 0 Å². The molecule has 1 N–H and O–H groups in total. The first-order valence-electron chi connectivity index (χ1n) is 4.55. The van der Waals surface area contributed by atoms with Crippen molar-refractivity contribution in [2.75, 3.05) is 40.3 Å². The molecule has 0 amide bonds. The fraction of sp³-hybridized carbons (Fsp3) is 0.778. The van der Waals surface area contributed by atoms with Crippen LogP contribution in [0.5, 0.6) is 0 Å². The molecule has 1 aliphatic rings. The number of allylic oxidation sites excluding steroid dienone is 1. The Morgan fingerprint density at radius 1 is 1.25 bits per heavy atom. The van der Waals surface area contributed by atoms with E-state index in [2.05, 4.69) is 35.2 Å². The van der Waals surface area contributed by atoms with Crippen LogP contribution in [-0.2, 0) is 0 Å². The predicted octanol–water partition coefficient (Wildman–Crippen LogP) is 0.315. The van der Waals surface area contributed by atoms with Gasteiger partial charge in [0.25, 0.3) is 0 Å². The van der Waals surface area contributed by atoms with Gasteiger partial charge in [-0.15, -0.1) is 0 Å². The third kappa shape index (κ3) is 2.14. The second-order valence-electron chi connectivity index (χ2n) is 3.21. The lowest BCUT2D eigenvalue weighted by molar-refractivity contribution is 0.179. The Morgan fingerprint density at radius 3 is 2.25 bits per heavy atom. The molecule has 12 heavy (non-hydrogen) atoms. The Labute approximate surface area is 75.0 Å². The summed E-state index contributed by atoms with van der Waals surface area (Å²) in [6.07, 6.45) is 2.13. The van der Waals surface area contributed by atoms with Crippen molar-refractivity contribution in [3.8, 4) is 0 Å². The molecule has 1 aliphatic heterocycles. The minimum Gasteiger partial charge on any atom is -0.375 e. The molecule has 1 saturated heterocycles. The lowest BCUT2D eigenvalue weighted by atomic mass is 10.3. The van der Waals surface area contributed by atoms with Crippen LogP contribution in [0.2, 0.25) is 0 Å². The van der Waals surface area contributed by atoms with E-state index in [-0.39, 0.29) is 0 Å². The van der Waals surface area contributed by atoms with Crippen molar-refractivity contribution in [1.82, 2.24) is 15.1 Å². The Bertz CT molecular complexity index is 157. The van der Waals surface area contributed by atoms with Crippen molar-refractivity contribution >= 4 is 0 Å². The summed E-state index contributed by atoms with van der Waals surface area (Å²) >= 11 is 0. The van der Waals surface area contributed by atoms with Crippen molar-refractivity contribution in [2.45, 2.75) is 6.92 Å². The van der Waals surface area contributed by atoms with Crippen LogP contribution in [0.15, 0.2) is 11.9 Å². The third-order valence-corrected chi connectivity index (χ3v) is 2.37. The summed E-state index contributed by atoms with van der Waals surface area (Å²) < 4.78 is 0. The monoisotopic (exact) mass is 169 g/mol. The Morgan fingerprint density at radius 2 is 1.83 bits per heavy atom. The molecule has 0 aromatic rings. The number of piperazine rings is 1. The van der Waals surface area contributed by atoms with Crippen LogP contribution in [0, 0.1) is 0 Å². The molecule has 0 spiro atoms. The molecule has 0 aromatic heterocycles. The highest BCUT2D eigenvalue weighted by Gasteiger charge is 2.14. The summed E-state index contributed by atoms with van der Waals surface area (Å²) in [5.74, 6) is 1.25. The molecule has 1 rings (SSSR count). The van der Waals surface area contributed by atoms with Gasteiger partial charge in [0.05, 0.1) is 5.82 Å². The van der Waals surface area contributed by atoms with E-state index in [1.165, 1.54) is 18.9 Å². The molecule has 70 valence electrons. The van der Waals surface area contributed by atoms with Gasteiger partial charge < -0.3 is 15.1 Å². The maximum Gasteiger partial charge on any atom is 0.0967 e. The minimum atomic E-state index is 1.14. The lowest BCUT2D eigenvalue weighted by Gasteiger charge is -2.35. The molecule has 0 atom stereocenters. The maximum atomic E-state index is 3.20. The van der Waals surface area contributed by atoms with Crippen molar-refractivity contribution in [3.63, 3.8) is 0 Å². The zero-order valence-electron chi connectivity index (χ0n) is 8.30. The van der Waals surface area contributed by atoms with Crippen molar-refractivity contribution in [2.24, 2.45) is 0 Å². The van der Waals surface area contributed by atoms with E-state index in [9.17, 15) is 0 Å². The number of likely N-dealkylation sites (N-methyl/N-ethyl adjacent to an activating group) is 1. The molecule has 3 nitrogen and oxygen atoms in total. The van der Waals surface area contributed by atoms with E-state index in [1.807, 2.05) is 7.05 Å². The summed E-state index contributed by atoms with van der Waals surface area (Å²) in [5.41, 5.74) is 0. The second kappa shape index (κ2) is 4.36. The number of hydrogen-bond acceptors (Lipinski definition) is 3. The molecule has 1 heterocycles. The largest absolute Gasteiger partial charge is 0.375 e. The molecule has 0 unspecified atom stereocenters. The molecule has 0 saturated carbocycles. The summed E-state index contributed by atoms with van der Waals surface area (Å²) in [4.78, 5) is 4.75. The first-order chi connectivity index (χ1) is 5.77. The molecule has 0 aromatic carbocycles. The standard InChI is InChI=1S/C9H19N3/c1-4-9(10-2)12-7-5-11(3)6-8-12/h4,10H,5-8H2,1-3H3/b9-4+. The molecule has 3 heteroatoms. The van der Waals surface area contributed by atoms with E-state index >= 15 is 0 Å². The summed E-state index contributed by atoms with van der Waals surface area (Å²) in [5, 5.41) is 3.20. The van der Waals surface area contributed by atoms with Crippen LogP contribution in [0.4, 0.5) is 0 Å². The topological polar surface area (TPSA) is 18.5 Å². The van der Waals surface area contributed by atoms with Crippen LogP contribution in [0.1, 0.15) is 6.92 Å². The van der Waals surface area contributed by atoms with E-state index in [1.54, 1.807) is 0 Å². The van der Waals surface area contributed by atoms with E-state index < -0.39 is 0 Å². The first kappa shape index (κ1) is 9.39. The van der Waals surface area contributed by atoms with E-state index in [4.69, 9.17) is 0 Å². The molecule has 0 bridgehead atoms. The zero-order chi connectivity index (χ0) is 8.97. The predicted molar refractivity (Wildman–Crippen MR) is 51.9 cm³/mol. The Balaban J connectivity index is 2.43. The van der Waals surface area contributed by atoms with Gasteiger partial charge in [-0.2, -0.15) is 0 Å². The van der Waals surface area contributed by atoms with Gasteiger partial charge in [-0.25, -0.2) is 0 Å². The molecular weight excluding hydrogens is 150 g/mol. The molecule has 1 fully saturated rings. The smallest absolute Gasteiger partial charge is 0.0967 e. The third-order valence-electron chi connectivity index (χ3n) is 2.37. The van der Waals surface area contributed by atoms with Crippen LogP contribution in [-0.4, -0.2) is 50.1 Å². The molecular formula is C9H19N3. The van der Waals surface area contributed by atoms with E-state index in [0.717, 1.165) is 13.1 Å². The van der Waals surface area contributed by atoms with Gasteiger partial charge >= 0.3 is 0 Å². The van der Waals surface area contributed by atoms with Gasteiger partial charge in [-0.1, -0.05) is 0 Å². The van der Waals surface area contributed by atoms with Crippen molar-refractivity contribution < 1.29 is 0 Å². The van der Waals surface area contributed by atoms with E-state index in [0.29, 0.717) is 0 Å². The van der Waals surface area contributed by atoms with Crippen LogP contribution in [0.3, 0.4) is 0 Å². The normalized spacial score (nSPS) is 21.2. The fourth-order valence-corrected chi connectivity index (χ4v) is 1.53. The highest BCUT2D eigenvalue weighted by atomic mass is 15.3. The zero-order valence-corrected chi connectivity index (χ0v) is 8.30. The summed E-state index contributed by atoms with van der Waals surface area (Å²) in [6, 6.07) is 0. The summed E-state index contributed by atoms with van der Waals surface area (Å²) in [7, 11) is 4.15. The van der Waals surface area contributed by atoms with Crippen LogP contribution < -0.4 is 5.32 Å². The van der Waals surface area contributed by atoms with Crippen molar-refractivity contribution in [3.05, 3.63) is 11.9 Å². The average Bonchev–Trinajstić information content (AvgIpc) is 2.10. The van der Waals surface area contributed by atoms with Gasteiger partial charge in [0.15, 0.2) is 0 Å². The Hall–Kier alpha value is -0.700. The highest BCUT2D eigenvalue weighted by Crippen LogP contribution is 2.04. The number of hydrogen-bond donors (Lipinski definition) is 1. The van der Waals surface area contributed by atoms with Gasteiger partial charge in [-0.05, 0) is 20.0 Å². The Kier molecular flexibility index (Phi) is 3.41. The average molecular weight is 169 g/mol. The number of nitrogens with zero attached hydrogens (tertiary/aromatic N) is 2. The number of nitrogens with one attached hydrogen (secondary N) is 1. The maximum absolute atomic E-state index is 3.20. The van der Waals surface area contributed by atoms with Gasteiger partial charge in [0.1, 0.15) is 0 Å². The molecule has 0 aliphatic carbocycles. The fourth-order valence-electron chi connectivity index (χ4n) is 1.53. The number of rotatable bonds is 2. The SMILES string of the molecule is C/C=C(\NC)N1CCN(C)CC1. The highest BCUT2D eigenvalue weighted by molar-refractivity contribution is 4.97. The first-order valence-corrected chi connectivity index (χ1v) is 4.55. The van der Waals surface area contributed by atoms with Crippen molar-refractivity contribution in [1.29, 1.82) is 0 Å². The second-order valence-corrected chi connectivity index (χ2v) is 3.21. The quantitative estimate of drug-likeness (QED) is 0.642. The van der Waals surface area contributed by atoms with Gasteiger partial charge in [-0.3, -0.25) is 0 Å².